The number of carbonyl (C=O) groups is 5. The van der Waals surface area contributed by atoms with Crippen molar-refractivity contribution in [3.63, 3.8) is 0 Å². The normalized spacial score (nSPS) is 28.7. The summed E-state index contributed by atoms with van der Waals surface area (Å²) in [7, 11) is 1.55. The zero-order valence-corrected chi connectivity index (χ0v) is 45.2. The summed E-state index contributed by atoms with van der Waals surface area (Å²) < 4.78 is 29.5. The van der Waals surface area contributed by atoms with Crippen LogP contribution < -0.4 is 18.4 Å². The van der Waals surface area contributed by atoms with Crippen molar-refractivity contribution in [2.45, 2.75) is 152 Å². The SMILES string of the molecule is CCC[CH2][Sn]([CH2]CCC)([CH2]CCC)[c]1ccc(C(=O)Oc2c(C)c3c4c5c2C(=O)C(=CC5=O)NC(=O)/C(C)=C/C=C/[C@H](C)[C@H](O)[C@@H](C)[C@@H](O)[C@@H](C)[C@H](C)[C@H](C)[C@@H](OC)/C=C/O[C@@](C)(O3)C4=O)cc1. The van der Waals surface area contributed by atoms with E-state index in [4.69, 9.17) is 18.9 Å². The number of hydrogen-bond acceptors (Lipinski definition) is 11. The molecule has 0 radical (unpaired) electrons. The third-order valence-electron chi connectivity index (χ3n) is 15.1. The molecule has 9 atom stereocenters. The number of aliphatic hydroxyl groups excluding tert-OH is 2. The molecule has 3 N–H and O–H groups in total. The van der Waals surface area contributed by atoms with Gasteiger partial charge in [-0.3, -0.25) is 4.79 Å². The molecular formula is C55H75NO11Sn. The standard InChI is InChI=1S/C43H48NO11.3C4H9.Sn/c1-21-14-13-15-22(2)41(50)44-29-20-30(45)32-33(37(29)48)38(54-42(51)28-16-11-10-12-17-28)27(7)39-34(32)40(49)43(8,55-39)53-19-18-31(52-9)24(4)23(3)25(5)36(47)26(6)35(21)46;3*1-3-4-2;/h11-21,23-26,31,35-36,46-47H,1-9H3,(H,44,50);3*1,3-4H2,2H3;/b14-13+,19-18+,22-15+;;;;/t21-,23+,24-,25-,26+,31-,35-,36-,43-;;;;/m0..../s1. The van der Waals surface area contributed by atoms with Crippen LogP contribution in [0.3, 0.4) is 0 Å². The Hall–Kier alpha value is -4.37. The van der Waals surface area contributed by atoms with Gasteiger partial charge >= 0.3 is 257 Å². The van der Waals surface area contributed by atoms with Gasteiger partial charge < -0.3 is 14.9 Å². The molecule has 0 fully saturated rings. The number of amides is 1. The molecule has 13 heteroatoms. The first-order valence-electron chi connectivity index (χ1n) is 24.7. The second kappa shape index (κ2) is 23.5. The maximum atomic E-state index is 14.7. The Morgan fingerprint density at radius 2 is 1.40 bits per heavy atom. The molecule has 1 aliphatic carbocycles. The number of Topliss-reactive ketones (excluding diaryl/α,β-unsaturated/α-hetero) is 2. The molecule has 0 saturated carbocycles. The Bertz CT molecular complexity index is 2310. The van der Waals surface area contributed by atoms with Gasteiger partial charge in [-0.2, -0.15) is 0 Å². The molecule has 3 aliphatic heterocycles. The number of allylic oxidation sites excluding steroid dienone is 4. The van der Waals surface area contributed by atoms with E-state index in [9.17, 15) is 34.2 Å². The number of nitrogens with one attached hydrogen (secondary N) is 1. The molecule has 4 aliphatic rings. The fraction of sp³-hybridized carbons (Fsp3) is 0.545. The van der Waals surface area contributed by atoms with E-state index in [2.05, 4.69) is 38.2 Å². The summed E-state index contributed by atoms with van der Waals surface area (Å²) in [6.45, 7) is 20.7. The molecule has 12 nitrogen and oxygen atoms in total. The quantitative estimate of drug-likeness (QED) is 0.0990. The van der Waals surface area contributed by atoms with Gasteiger partial charge in [-0.1, -0.05) is 52.8 Å². The van der Waals surface area contributed by atoms with Crippen LogP contribution in [0.1, 0.15) is 155 Å². The number of ketones is 3. The molecule has 6 rings (SSSR count). The van der Waals surface area contributed by atoms with Crippen molar-refractivity contribution in [2.75, 3.05) is 7.11 Å². The number of benzene rings is 2. The van der Waals surface area contributed by atoms with Crippen molar-refractivity contribution in [2.24, 2.45) is 29.6 Å². The summed E-state index contributed by atoms with van der Waals surface area (Å²) in [5, 5.41) is 25.3. The summed E-state index contributed by atoms with van der Waals surface area (Å²) in [4.78, 5) is 71.5. The van der Waals surface area contributed by atoms with Crippen LogP contribution in [0.25, 0.3) is 0 Å². The summed E-state index contributed by atoms with van der Waals surface area (Å²) in [5.74, 6) is -7.71. The zero-order valence-electron chi connectivity index (χ0n) is 42.3. The number of unbranched alkanes of at least 4 members (excludes halogenated alkanes) is 3. The fourth-order valence-electron chi connectivity index (χ4n) is 10.0. The number of hydrogen-bond donors (Lipinski definition) is 3. The second-order valence-electron chi connectivity index (χ2n) is 19.7. The zero-order chi connectivity index (χ0) is 50.2. The molecule has 0 saturated heterocycles. The molecule has 0 unspecified atom stereocenters. The van der Waals surface area contributed by atoms with E-state index in [1.807, 2.05) is 27.7 Å². The number of fused-ring (bicyclic) bond motifs is 14. The van der Waals surface area contributed by atoms with Crippen molar-refractivity contribution in [3.8, 4) is 11.5 Å². The third-order valence-corrected chi connectivity index (χ3v) is 30.7. The van der Waals surface area contributed by atoms with Crippen molar-refractivity contribution in [1.29, 1.82) is 0 Å². The summed E-state index contributed by atoms with van der Waals surface area (Å²) >= 11 is -2.86. The van der Waals surface area contributed by atoms with E-state index in [0.717, 1.165) is 25.3 Å². The molecule has 68 heavy (non-hydrogen) atoms. The molecule has 370 valence electrons. The maximum absolute atomic E-state index is 14.7. The third kappa shape index (κ3) is 11.5. The molecule has 5 bridgehead atoms. The Morgan fingerprint density at radius 3 is 1.97 bits per heavy atom. The van der Waals surface area contributed by atoms with Gasteiger partial charge in [0.2, 0.25) is 0 Å². The van der Waals surface area contributed by atoms with E-state index in [1.54, 1.807) is 44.4 Å². The predicted molar refractivity (Wildman–Crippen MR) is 267 cm³/mol. The van der Waals surface area contributed by atoms with E-state index in [0.29, 0.717) is 0 Å². The van der Waals surface area contributed by atoms with E-state index < -0.39 is 83.5 Å². The number of ether oxygens (including phenoxy) is 4. The minimum absolute atomic E-state index is 0.0822. The van der Waals surface area contributed by atoms with Crippen LogP contribution in [0, 0.1) is 36.5 Å². The fourth-order valence-corrected chi connectivity index (χ4v) is 25.9. The summed E-state index contributed by atoms with van der Waals surface area (Å²) in [6, 6.07) is 7.74. The van der Waals surface area contributed by atoms with Gasteiger partial charge in [-0.15, -0.1) is 0 Å². The van der Waals surface area contributed by atoms with Crippen LogP contribution in [0.2, 0.25) is 13.3 Å². The number of rotatable bonds is 13. The average Bonchev–Trinajstić information content (AvgIpc) is 3.59. The first kappa shape index (κ1) is 54.6. The number of aliphatic hydroxyl groups is 2. The van der Waals surface area contributed by atoms with Crippen molar-refractivity contribution in [1.82, 2.24) is 5.32 Å². The molecule has 2 aromatic rings. The van der Waals surface area contributed by atoms with Crippen molar-refractivity contribution >= 4 is 51.2 Å². The van der Waals surface area contributed by atoms with Crippen LogP contribution in [0.4, 0.5) is 0 Å². The van der Waals surface area contributed by atoms with Gasteiger partial charge in [-0.25, -0.2) is 0 Å². The summed E-state index contributed by atoms with van der Waals surface area (Å²) in [6.07, 6.45) is 13.3. The number of carbonyl (C=O) groups excluding carboxylic acids is 5. The van der Waals surface area contributed by atoms with Crippen molar-refractivity contribution in [3.05, 3.63) is 100.0 Å². The van der Waals surface area contributed by atoms with Gasteiger partial charge in [0.15, 0.2) is 0 Å². The van der Waals surface area contributed by atoms with E-state index in [1.165, 1.54) is 69.3 Å². The molecule has 3 heterocycles. The van der Waals surface area contributed by atoms with Crippen LogP contribution in [0.5, 0.6) is 11.5 Å². The Kier molecular flexibility index (Phi) is 18.9. The molecule has 1 amide bonds. The topological polar surface area (TPSA) is 175 Å². The minimum atomic E-state index is -2.86. The van der Waals surface area contributed by atoms with Crippen LogP contribution in [-0.4, -0.2) is 89.0 Å². The van der Waals surface area contributed by atoms with Gasteiger partial charge in [0, 0.05) is 24.5 Å². The average molecular weight is 1040 g/mol. The first-order valence-corrected chi connectivity index (χ1v) is 32.2. The Morgan fingerprint density at radius 1 is 0.794 bits per heavy atom. The second-order valence-corrected chi connectivity index (χ2v) is 32.9. The van der Waals surface area contributed by atoms with Gasteiger partial charge in [0.05, 0.1) is 24.6 Å². The number of esters is 1. The molecule has 0 spiro atoms. The van der Waals surface area contributed by atoms with Gasteiger partial charge in [0.1, 0.15) is 0 Å². The first-order chi connectivity index (χ1) is 32.2. The molecular weight excluding hydrogens is 969 g/mol. The van der Waals surface area contributed by atoms with Gasteiger partial charge in [-0.05, 0) is 30.8 Å². The van der Waals surface area contributed by atoms with E-state index >= 15 is 0 Å². The van der Waals surface area contributed by atoms with Crippen molar-refractivity contribution < 1.29 is 53.1 Å². The monoisotopic (exact) mass is 1050 g/mol. The van der Waals surface area contributed by atoms with E-state index in [-0.39, 0.29) is 68.3 Å². The Labute approximate surface area is 407 Å². The predicted octanol–water partition coefficient (Wildman–Crippen LogP) is 9.90. The van der Waals surface area contributed by atoms with Gasteiger partial charge in [0.25, 0.3) is 0 Å². The molecule has 2 aromatic carbocycles. The van der Waals surface area contributed by atoms with Crippen LogP contribution in [0.15, 0.2) is 72.2 Å². The van der Waals surface area contributed by atoms with Crippen LogP contribution in [-0.2, 0) is 14.3 Å². The Balaban J connectivity index is 1.62. The van der Waals surface area contributed by atoms with Crippen LogP contribution >= 0.6 is 0 Å². The number of methoxy groups -OCH3 is 1. The summed E-state index contributed by atoms with van der Waals surface area (Å²) in [5.41, 5.74) is -0.729. The molecule has 0 aromatic heterocycles.